The van der Waals surface area contributed by atoms with Gasteiger partial charge in [-0.2, -0.15) is 0 Å². The lowest BCUT2D eigenvalue weighted by Crippen LogP contribution is -2.35. The molecule has 2 aromatic rings. The van der Waals surface area contributed by atoms with E-state index < -0.39 is 5.25 Å². The molecule has 1 heterocycles. The number of aryl methyl sites for hydroxylation is 1. The van der Waals surface area contributed by atoms with Crippen LogP contribution < -0.4 is 5.32 Å². The molecule has 2 fully saturated rings. The zero-order chi connectivity index (χ0) is 20.4. The summed E-state index contributed by atoms with van der Waals surface area (Å²) in [5.74, 6) is -0.695. The van der Waals surface area contributed by atoms with Crippen molar-refractivity contribution in [1.82, 2.24) is 4.90 Å². The van der Waals surface area contributed by atoms with Gasteiger partial charge >= 0.3 is 0 Å². The third-order valence-corrected chi connectivity index (χ3v) is 6.10. The number of hydrogen-bond donors (Lipinski definition) is 1. The number of halogens is 1. The van der Waals surface area contributed by atoms with Crippen LogP contribution in [0, 0.1) is 5.82 Å². The Balaban J connectivity index is 1.47. The van der Waals surface area contributed by atoms with Crippen LogP contribution in [-0.4, -0.2) is 33.2 Å². The fraction of sp³-hybridized carbons (Fsp3) is 0.318. The van der Waals surface area contributed by atoms with Crippen molar-refractivity contribution in [2.75, 3.05) is 5.32 Å². The average Bonchev–Trinajstić information content (AvgIpc) is 3.50. The Labute approximate surface area is 173 Å². The van der Waals surface area contributed by atoms with Crippen molar-refractivity contribution in [3.05, 3.63) is 59.9 Å². The van der Waals surface area contributed by atoms with E-state index in [1.165, 1.54) is 41.6 Å². The summed E-state index contributed by atoms with van der Waals surface area (Å²) in [5, 5.41) is 2.90. The molecule has 4 rings (SSSR count). The molecule has 0 aromatic heterocycles. The maximum Gasteiger partial charge on any atom is 0.242 e. The van der Waals surface area contributed by atoms with E-state index in [-0.39, 0.29) is 30.1 Å². The van der Waals surface area contributed by atoms with Crippen molar-refractivity contribution >= 4 is 40.1 Å². The number of rotatable bonds is 6. The van der Waals surface area contributed by atoms with Crippen molar-refractivity contribution in [3.8, 4) is 0 Å². The molecule has 150 valence electrons. The summed E-state index contributed by atoms with van der Waals surface area (Å²) >= 11 is 1.35. The molecule has 29 heavy (non-hydrogen) atoms. The minimum atomic E-state index is -0.496. The van der Waals surface area contributed by atoms with Gasteiger partial charge in [-0.15, -0.1) is 0 Å². The molecule has 5 nitrogen and oxygen atoms in total. The number of amidine groups is 1. The molecule has 0 unspecified atom stereocenters. The highest BCUT2D eigenvalue weighted by molar-refractivity contribution is 8.15. The van der Waals surface area contributed by atoms with Crippen molar-refractivity contribution in [1.29, 1.82) is 0 Å². The highest BCUT2D eigenvalue weighted by Gasteiger charge is 2.46. The Morgan fingerprint density at radius 2 is 1.86 bits per heavy atom. The number of carbonyl (C=O) groups is 2. The maximum atomic E-state index is 13.0. The molecular weight excluding hydrogens is 389 g/mol. The lowest BCUT2D eigenvalue weighted by Gasteiger charge is -2.15. The number of anilines is 1. The Hall–Kier alpha value is -2.67. The predicted molar refractivity (Wildman–Crippen MR) is 114 cm³/mol. The molecule has 1 saturated carbocycles. The summed E-state index contributed by atoms with van der Waals surface area (Å²) in [7, 11) is 0. The van der Waals surface area contributed by atoms with Crippen molar-refractivity contribution in [2.24, 2.45) is 4.99 Å². The summed E-state index contributed by atoms with van der Waals surface area (Å²) in [4.78, 5) is 31.8. The van der Waals surface area contributed by atoms with E-state index in [0.717, 1.165) is 24.9 Å². The predicted octanol–water partition coefficient (Wildman–Crippen LogP) is 4.51. The van der Waals surface area contributed by atoms with Gasteiger partial charge < -0.3 is 5.32 Å². The van der Waals surface area contributed by atoms with Crippen LogP contribution in [0.5, 0.6) is 0 Å². The molecule has 1 atom stereocenters. The lowest BCUT2D eigenvalue weighted by atomic mass is 10.2. The van der Waals surface area contributed by atoms with Crippen LogP contribution in [0.15, 0.2) is 53.5 Å². The summed E-state index contributed by atoms with van der Waals surface area (Å²) < 4.78 is 13.0. The number of amides is 2. The fourth-order valence-corrected chi connectivity index (χ4v) is 4.41. The third kappa shape index (κ3) is 4.67. The van der Waals surface area contributed by atoms with E-state index in [9.17, 15) is 14.0 Å². The van der Waals surface area contributed by atoms with Gasteiger partial charge in [0, 0.05) is 18.2 Å². The average molecular weight is 412 g/mol. The summed E-state index contributed by atoms with van der Waals surface area (Å²) in [6.45, 7) is 2.10. The summed E-state index contributed by atoms with van der Waals surface area (Å²) in [5.41, 5.74) is 2.55. The second-order valence-electron chi connectivity index (χ2n) is 7.22. The minimum Gasteiger partial charge on any atom is -0.326 e. The molecule has 1 saturated heterocycles. The summed E-state index contributed by atoms with van der Waals surface area (Å²) in [6, 6.07) is 13.7. The van der Waals surface area contributed by atoms with Gasteiger partial charge in [0.15, 0.2) is 5.17 Å². The molecule has 0 spiro atoms. The molecular formula is C22H22FN3O2S. The van der Waals surface area contributed by atoms with Crippen LogP contribution >= 0.6 is 11.8 Å². The normalized spacial score (nSPS) is 20.3. The van der Waals surface area contributed by atoms with Crippen LogP contribution in [0.3, 0.4) is 0 Å². The third-order valence-electron chi connectivity index (χ3n) is 4.95. The molecule has 7 heteroatoms. The monoisotopic (exact) mass is 411 g/mol. The molecule has 1 N–H and O–H groups in total. The molecule has 1 aliphatic carbocycles. The van der Waals surface area contributed by atoms with Gasteiger partial charge in [0.1, 0.15) is 11.1 Å². The van der Waals surface area contributed by atoms with Gasteiger partial charge in [0.25, 0.3) is 0 Å². The van der Waals surface area contributed by atoms with Crippen molar-refractivity contribution < 1.29 is 14.0 Å². The van der Waals surface area contributed by atoms with Crippen molar-refractivity contribution in [3.63, 3.8) is 0 Å². The van der Waals surface area contributed by atoms with Gasteiger partial charge in [0.05, 0.1) is 5.69 Å². The number of aliphatic imine (C=N–C) groups is 1. The summed E-state index contributed by atoms with van der Waals surface area (Å²) in [6.07, 6.45) is 2.95. The Morgan fingerprint density at radius 3 is 2.48 bits per heavy atom. The molecule has 0 radical (unpaired) electrons. The Kier molecular flexibility index (Phi) is 5.67. The Morgan fingerprint density at radius 1 is 1.17 bits per heavy atom. The van der Waals surface area contributed by atoms with E-state index in [1.807, 2.05) is 24.3 Å². The van der Waals surface area contributed by atoms with Crippen LogP contribution in [0.1, 0.15) is 31.7 Å². The first-order chi connectivity index (χ1) is 14.0. The molecule has 2 amide bonds. The number of benzene rings is 2. The number of nitrogens with zero attached hydrogens (tertiary/aromatic N) is 2. The first-order valence-electron chi connectivity index (χ1n) is 9.76. The van der Waals surface area contributed by atoms with Gasteiger partial charge in [-0.1, -0.05) is 30.8 Å². The molecule has 0 bridgehead atoms. The molecule has 2 aromatic carbocycles. The highest BCUT2D eigenvalue weighted by Crippen LogP contribution is 2.39. The van der Waals surface area contributed by atoms with E-state index in [4.69, 9.17) is 0 Å². The van der Waals surface area contributed by atoms with Crippen LogP contribution in [-0.2, 0) is 16.0 Å². The van der Waals surface area contributed by atoms with Gasteiger partial charge in [-0.3, -0.25) is 14.5 Å². The second-order valence-corrected chi connectivity index (χ2v) is 8.39. The van der Waals surface area contributed by atoms with Gasteiger partial charge in [-0.25, -0.2) is 9.38 Å². The second kappa shape index (κ2) is 8.37. The molecule has 1 aliphatic heterocycles. The smallest absolute Gasteiger partial charge is 0.242 e. The number of carbonyl (C=O) groups excluding carboxylic acids is 2. The number of thioether (sulfide) groups is 1. The van der Waals surface area contributed by atoms with Crippen LogP contribution in [0.4, 0.5) is 15.8 Å². The van der Waals surface area contributed by atoms with Crippen molar-refractivity contribution in [2.45, 2.75) is 43.9 Å². The number of hydrogen-bond acceptors (Lipinski definition) is 4. The van der Waals surface area contributed by atoms with E-state index in [1.54, 1.807) is 4.90 Å². The first kappa shape index (κ1) is 19.6. The van der Waals surface area contributed by atoms with Gasteiger partial charge in [-0.05, 0) is 61.2 Å². The maximum absolute atomic E-state index is 13.0. The topological polar surface area (TPSA) is 61.8 Å². The van der Waals surface area contributed by atoms with E-state index in [0.29, 0.717) is 10.9 Å². The van der Waals surface area contributed by atoms with Crippen LogP contribution in [0.25, 0.3) is 0 Å². The SMILES string of the molecule is CCc1ccc(N=C2S[C@H](CC(=O)Nc3ccc(F)cc3)C(=O)N2C2CC2)cc1. The zero-order valence-corrected chi connectivity index (χ0v) is 16.9. The number of nitrogens with one attached hydrogen (secondary N) is 1. The highest BCUT2D eigenvalue weighted by atomic mass is 32.2. The van der Waals surface area contributed by atoms with E-state index in [2.05, 4.69) is 17.2 Å². The quantitative estimate of drug-likeness (QED) is 0.761. The van der Waals surface area contributed by atoms with Crippen LogP contribution in [0.2, 0.25) is 0 Å². The largest absolute Gasteiger partial charge is 0.326 e. The Bertz CT molecular complexity index is 940. The zero-order valence-electron chi connectivity index (χ0n) is 16.1. The fourth-order valence-electron chi connectivity index (χ4n) is 3.19. The lowest BCUT2D eigenvalue weighted by molar-refractivity contribution is -0.128. The standard InChI is InChI=1S/C22H22FN3O2S/c1-2-14-3-7-17(8-4-14)25-22-26(18-11-12-18)21(28)19(29-22)13-20(27)24-16-9-5-15(23)6-10-16/h3-10,18-19H,2,11-13H2,1H3,(H,24,27)/t19-/m1/s1. The minimum absolute atomic E-state index is 0.0535. The van der Waals surface area contributed by atoms with E-state index >= 15 is 0 Å². The van der Waals surface area contributed by atoms with Gasteiger partial charge in [0.2, 0.25) is 11.8 Å². The first-order valence-corrected chi connectivity index (χ1v) is 10.6. The molecule has 2 aliphatic rings.